The van der Waals surface area contributed by atoms with Gasteiger partial charge in [-0.2, -0.15) is 4.99 Å². The van der Waals surface area contributed by atoms with Crippen LogP contribution >= 0.6 is 0 Å². The highest BCUT2D eigenvalue weighted by Crippen LogP contribution is 2.39. The van der Waals surface area contributed by atoms with Gasteiger partial charge in [-0.25, -0.2) is 0 Å². The topological polar surface area (TPSA) is 129 Å². The molecule has 0 bridgehead atoms. The predicted octanol–water partition coefficient (Wildman–Crippen LogP) is -1.98. The van der Waals surface area contributed by atoms with E-state index in [2.05, 4.69) is 4.99 Å². The number of rotatable bonds is 6. The van der Waals surface area contributed by atoms with Crippen molar-refractivity contribution in [1.29, 1.82) is 0 Å². The molecular formula is C12H21N3O5. The highest BCUT2D eigenvalue weighted by molar-refractivity contribution is 5.95. The molecule has 0 aromatic rings. The van der Waals surface area contributed by atoms with Crippen molar-refractivity contribution in [2.24, 2.45) is 16.1 Å². The first kappa shape index (κ1) is 16.6. The SMILES string of the molecule is CN(/C=C\C(N)=N/C=O)C1OC(CO)C(C)(CO)C1O. The fourth-order valence-electron chi connectivity index (χ4n) is 2.06. The minimum atomic E-state index is -0.997. The predicted molar refractivity (Wildman–Crippen MR) is 71.5 cm³/mol. The van der Waals surface area contributed by atoms with E-state index in [-0.39, 0.29) is 19.0 Å². The number of aliphatic hydroxyl groups excluding tert-OH is 3. The number of likely N-dealkylation sites (N-methyl/N-ethyl adjacent to an activating group) is 1. The Kier molecular flexibility index (Phi) is 5.63. The number of amidine groups is 1. The fourth-order valence-corrected chi connectivity index (χ4v) is 2.06. The number of nitrogens with two attached hydrogens (primary N) is 1. The molecule has 1 heterocycles. The molecule has 5 N–H and O–H groups in total. The van der Waals surface area contributed by atoms with Crippen LogP contribution in [0.2, 0.25) is 0 Å². The van der Waals surface area contributed by atoms with Crippen molar-refractivity contribution < 1.29 is 24.9 Å². The Morgan fingerprint density at radius 3 is 2.65 bits per heavy atom. The van der Waals surface area contributed by atoms with Crippen LogP contribution in [0.4, 0.5) is 0 Å². The first-order valence-electron chi connectivity index (χ1n) is 6.13. The first-order valence-corrected chi connectivity index (χ1v) is 6.13. The normalized spacial score (nSPS) is 34.6. The zero-order valence-corrected chi connectivity index (χ0v) is 11.5. The van der Waals surface area contributed by atoms with Gasteiger partial charge in [-0.05, 0) is 6.08 Å². The van der Waals surface area contributed by atoms with E-state index in [1.54, 1.807) is 14.0 Å². The summed E-state index contributed by atoms with van der Waals surface area (Å²) in [6.45, 7) is 1.01. The maximum Gasteiger partial charge on any atom is 0.234 e. The lowest BCUT2D eigenvalue weighted by atomic mass is 9.81. The Bertz CT molecular complexity index is 401. The van der Waals surface area contributed by atoms with Crippen LogP contribution in [0.25, 0.3) is 0 Å². The molecule has 0 radical (unpaired) electrons. The van der Waals surface area contributed by atoms with E-state index in [1.165, 1.54) is 17.2 Å². The van der Waals surface area contributed by atoms with Crippen molar-refractivity contribution in [3.05, 3.63) is 12.3 Å². The molecule has 1 aliphatic rings. The molecule has 1 rings (SSSR count). The molecule has 0 aromatic heterocycles. The Balaban J connectivity index is 2.82. The van der Waals surface area contributed by atoms with Crippen LogP contribution in [-0.2, 0) is 9.53 Å². The summed E-state index contributed by atoms with van der Waals surface area (Å²) in [6.07, 6.45) is 0.781. The van der Waals surface area contributed by atoms with Crippen molar-refractivity contribution >= 4 is 12.2 Å². The number of aliphatic hydroxyl groups is 3. The number of amides is 1. The van der Waals surface area contributed by atoms with E-state index in [1.807, 2.05) is 0 Å². The van der Waals surface area contributed by atoms with Gasteiger partial charge >= 0.3 is 0 Å². The van der Waals surface area contributed by atoms with E-state index in [0.29, 0.717) is 6.41 Å². The number of carbonyl (C=O) groups is 1. The van der Waals surface area contributed by atoms with Crippen LogP contribution in [0, 0.1) is 5.41 Å². The van der Waals surface area contributed by atoms with Gasteiger partial charge in [-0.1, -0.05) is 6.92 Å². The zero-order valence-electron chi connectivity index (χ0n) is 11.5. The Labute approximate surface area is 117 Å². The lowest BCUT2D eigenvalue weighted by molar-refractivity contribution is -0.106. The van der Waals surface area contributed by atoms with E-state index in [4.69, 9.17) is 10.5 Å². The maximum atomic E-state index is 10.3. The van der Waals surface area contributed by atoms with E-state index < -0.39 is 23.9 Å². The average molecular weight is 287 g/mol. The van der Waals surface area contributed by atoms with Crippen LogP contribution in [-0.4, -0.2) is 71.2 Å². The largest absolute Gasteiger partial charge is 0.396 e. The molecule has 8 heteroatoms. The first-order chi connectivity index (χ1) is 9.40. The molecule has 4 atom stereocenters. The molecule has 8 nitrogen and oxygen atoms in total. The Hall–Kier alpha value is -1.48. The highest BCUT2D eigenvalue weighted by atomic mass is 16.5. The fraction of sp³-hybridized carbons (Fsp3) is 0.667. The lowest BCUT2D eigenvalue weighted by Gasteiger charge is -2.30. The third-order valence-electron chi connectivity index (χ3n) is 3.58. The van der Waals surface area contributed by atoms with Crippen LogP contribution in [0.15, 0.2) is 17.3 Å². The molecule has 1 amide bonds. The van der Waals surface area contributed by atoms with Crippen molar-refractivity contribution in [2.45, 2.75) is 25.4 Å². The van der Waals surface area contributed by atoms with Gasteiger partial charge in [-0.15, -0.1) is 0 Å². The second kappa shape index (κ2) is 6.80. The molecule has 0 aliphatic carbocycles. The number of carbonyl (C=O) groups excluding carboxylic acids is 1. The van der Waals surface area contributed by atoms with Crippen LogP contribution < -0.4 is 5.73 Å². The summed E-state index contributed by atoms with van der Waals surface area (Å²) < 4.78 is 5.55. The number of aliphatic imine (C=N–C) groups is 1. The Morgan fingerprint density at radius 2 is 2.20 bits per heavy atom. The lowest BCUT2D eigenvalue weighted by Crippen LogP contribution is -2.45. The van der Waals surface area contributed by atoms with Gasteiger partial charge in [0.2, 0.25) is 6.41 Å². The highest BCUT2D eigenvalue weighted by Gasteiger charge is 2.53. The summed E-state index contributed by atoms with van der Waals surface area (Å²) in [5.41, 5.74) is 4.47. The molecule has 20 heavy (non-hydrogen) atoms. The van der Waals surface area contributed by atoms with Crippen LogP contribution in [0.3, 0.4) is 0 Å². The third-order valence-corrected chi connectivity index (χ3v) is 3.58. The third kappa shape index (κ3) is 3.15. The summed E-state index contributed by atoms with van der Waals surface area (Å²) in [6, 6.07) is 0. The molecule has 1 fully saturated rings. The number of hydrogen-bond donors (Lipinski definition) is 4. The second-order valence-corrected chi connectivity index (χ2v) is 4.95. The molecule has 0 spiro atoms. The summed E-state index contributed by atoms with van der Waals surface area (Å²) in [5.74, 6) is 0.0166. The molecule has 1 saturated heterocycles. The number of ether oxygens (including phenoxy) is 1. The zero-order chi connectivity index (χ0) is 15.3. The molecule has 4 unspecified atom stereocenters. The summed E-state index contributed by atoms with van der Waals surface area (Å²) in [7, 11) is 1.64. The second-order valence-electron chi connectivity index (χ2n) is 4.95. The van der Waals surface area contributed by atoms with Crippen molar-refractivity contribution in [1.82, 2.24) is 4.90 Å². The van der Waals surface area contributed by atoms with Gasteiger partial charge in [0, 0.05) is 18.7 Å². The standard InChI is InChI=1S/C12H21N3O5/c1-12(6-17)8(5-16)20-11(10(12)19)15(2)4-3-9(13)14-7-18/h3-4,7-8,10-11,16-17,19H,5-6H2,1-2H3,(H2,13,14,18)/b4-3-. The number of nitrogens with zero attached hydrogens (tertiary/aromatic N) is 2. The molecule has 114 valence electrons. The van der Waals surface area contributed by atoms with Gasteiger partial charge in [0.15, 0.2) is 6.23 Å². The minimum absolute atomic E-state index is 0.0166. The van der Waals surface area contributed by atoms with Gasteiger partial charge in [-0.3, -0.25) is 4.79 Å². The molecule has 1 aliphatic heterocycles. The average Bonchev–Trinajstić information content (AvgIpc) is 2.69. The van der Waals surface area contributed by atoms with E-state index in [9.17, 15) is 20.1 Å². The van der Waals surface area contributed by atoms with Gasteiger partial charge in [0.25, 0.3) is 0 Å². The minimum Gasteiger partial charge on any atom is -0.396 e. The quantitative estimate of drug-likeness (QED) is 0.253. The van der Waals surface area contributed by atoms with Crippen molar-refractivity contribution in [2.75, 3.05) is 20.3 Å². The van der Waals surface area contributed by atoms with Crippen LogP contribution in [0.5, 0.6) is 0 Å². The maximum absolute atomic E-state index is 10.3. The summed E-state index contributed by atoms with van der Waals surface area (Å²) in [5, 5.41) is 29.0. The monoisotopic (exact) mass is 287 g/mol. The van der Waals surface area contributed by atoms with E-state index in [0.717, 1.165) is 0 Å². The van der Waals surface area contributed by atoms with Crippen LogP contribution in [0.1, 0.15) is 6.92 Å². The molecule has 0 saturated carbocycles. The van der Waals surface area contributed by atoms with Gasteiger partial charge in [0.1, 0.15) is 11.9 Å². The smallest absolute Gasteiger partial charge is 0.234 e. The molecular weight excluding hydrogens is 266 g/mol. The van der Waals surface area contributed by atoms with Gasteiger partial charge < -0.3 is 30.7 Å². The summed E-state index contributed by atoms with van der Waals surface area (Å²) in [4.78, 5) is 15.0. The van der Waals surface area contributed by atoms with E-state index >= 15 is 0 Å². The Morgan fingerprint density at radius 1 is 1.55 bits per heavy atom. The van der Waals surface area contributed by atoms with Crippen molar-refractivity contribution in [3.63, 3.8) is 0 Å². The number of hydrogen-bond acceptors (Lipinski definition) is 6. The van der Waals surface area contributed by atoms with Crippen molar-refractivity contribution in [3.8, 4) is 0 Å². The summed E-state index contributed by atoms with van der Waals surface area (Å²) >= 11 is 0. The molecule has 0 aromatic carbocycles. The van der Waals surface area contributed by atoms with Gasteiger partial charge in [0.05, 0.1) is 19.3 Å².